The minimum absolute atomic E-state index is 0.160. The summed E-state index contributed by atoms with van der Waals surface area (Å²) in [6, 6.07) is 11.9. The molecule has 3 N–H and O–H groups in total. The number of amides is 2. The number of carbonyl (C=O) groups excluding carboxylic acids is 3. The Morgan fingerprint density at radius 2 is 1.77 bits per heavy atom. The molecule has 0 aromatic heterocycles. The molecule has 0 radical (unpaired) electrons. The summed E-state index contributed by atoms with van der Waals surface area (Å²) in [6.07, 6.45) is 0. The van der Waals surface area contributed by atoms with Gasteiger partial charge in [-0.25, -0.2) is 4.79 Å². The Hall–Kier alpha value is -3.35. The average molecular weight is 356 g/mol. The molecule has 0 bridgehead atoms. The highest BCUT2D eigenvalue weighted by molar-refractivity contribution is 5.96. The van der Waals surface area contributed by atoms with Gasteiger partial charge in [-0.05, 0) is 37.6 Å². The molecule has 136 valence electrons. The molecule has 26 heavy (non-hydrogen) atoms. The van der Waals surface area contributed by atoms with Crippen LogP contribution in [0.25, 0.3) is 0 Å². The molecule has 0 atom stereocenters. The molecule has 0 heterocycles. The van der Waals surface area contributed by atoms with E-state index in [2.05, 4.69) is 5.32 Å². The van der Waals surface area contributed by atoms with Crippen molar-refractivity contribution in [3.63, 3.8) is 0 Å². The summed E-state index contributed by atoms with van der Waals surface area (Å²) in [4.78, 5) is 34.9. The third-order valence-corrected chi connectivity index (χ3v) is 3.52. The van der Waals surface area contributed by atoms with Crippen LogP contribution in [0.3, 0.4) is 0 Å². The number of anilines is 1. The molecule has 0 spiro atoms. The zero-order valence-corrected chi connectivity index (χ0v) is 14.6. The standard InChI is InChI=1S/C19H20N2O5/c1-12-7-8-15(13(2)9-12)21-17(22)10-26-18(23)11-25-16-6-4-3-5-14(16)19(20)24/h3-9H,10-11H2,1-2H3,(H2,20,24)(H,21,22). The lowest BCUT2D eigenvalue weighted by atomic mass is 10.1. The smallest absolute Gasteiger partial charge is 0.344 e. The normalized spacial score (nSPS) is 10.1. The zero-order chi connectivity index (χ0) is 19.1. The number of ether oxygens (including phenoxy) is 2. The Balaban J connectivity index is 1.81. The van der Waals surface area contributed by atoms with Crippen LogP contribution in [-0.4, -0.2) is 31.0 Å². The quantitative estimate of drug-likeness (QED) is 0.738. The molecule has 7 heteroatoms. The zero-order valence-electron chi connectivity index (χ0n) is 14.6. The van der Waals surface area contributed by atoms with Gasteiger partial charge >= 0.3 is 5.97 Å². The van der Waals surface area contributed by atoms with Crippen molar-refractivity contribution in [1.82, 2.24) is 0 Å². The largest absolute Gasteiger partial charge is 0.481 e. The number of hydrogen-bond acceptors (Lipinski definition) is 5. The first-order valence-corrected chi connectivity index (χ1v) is 7.91. The Morgan fingerprint density at radius 3 is 2.46 bits per heavy atom. The summed E-state index contributed by atoms with van der Waals surface area (Å²) in [7, 11) is 0. The summed E-state index contributed by atoms with van der Waals surface area (Å²) in [6.45, 7) is 2.95. The summed E-state index contributed by atoms with van der Waals surface area (Å²) >= 11 is 0. The third kappa shape index (κ3) is 5.34. The van der Waals surface area contributed by atoms with E-state index in [4.69, 9.17) is 15.2 Å². The monoisotopic (exact) mass is 356 g/mol. The van der Waals surface area contributed by atoms with Crippen molar-refractivity contribution in [1.29, 1.82) is 0 Å². The predicted molar refractivity (Wildman–Crippen MR) is 96.0 cm³/mol. The van der Waals surface area contributed by atoms with E-state index in [1.54, 1.807) is 18.2 Å². The SMILES string of the molecule is Cc1ccc(NC(=O)COC(=O)COc2ccccc2C(N)=O)c(C)c1. The van der Waals surface area contributed by atoms with E-state index in [0.717, 1.165) is 11.1 Å². The lowest BCUT2D eigenvalue weighted by Crippen LogP contribution is -2.24. The number of para-hydroxylation sites is 1. The molecule has 0 aliphatic carbocycles. The lowest BCUT2D eigenvalue weighted by Gasteiger charge is -2.11. The highest BCUT2D eigenvalue weighted by Crippen LogP contribution is 2.17. The molecule has 7 nitrogen and oxygen atoms in total. The maximum Gasteiger partial charge on any atom is 0.344 e. The number of rotatable bonds is 7. The predicted octanol–water partition coefficient (Wildman–Crippen LogP) is 1.96. The van der Waals surface area contributed by atoms with Gasteiger partial charge in [-0.1, -0.05) is 29.8 Å². The van der Waals surface area contributed by atoms with Gasteiger partial charge in [0.25, 0.3) is 11.8 Å². The summed E-state index contributed by atoms with van der Waals surface area (Å²) < 4.78 is 10.1. The topological polar surface area (TPSA) is 108 Å². The second-order valence-corrected chi connectivity index (χ2v) is 5.68. The maximum atomic E-state index is 11.9. The molecule has 2 amide bonds. The van der Waals surface area contributed by atoms with E-state index in [9.17, 15) is 14.4 Å². The van der Waals surface area contributed by atoms with Crippen molar-refractivity contribution >= 4 is 23.5 Å². The van der Waals surface area contributed by atoms with Crippen LogP contribution < -0.4 is 15.8 Å². The van der Waals surface area contributed by atoms with Gasteiger partial charge in [0.1, 0.15) is 5.75 Å². The summed E-state index contributed by atoms with van der Waals surface area (Å²) in [5.41, 5.74) is 8.04. The highest BCUT2D eigenvalue weighted by atomic mass is 16.6. The van der Waals surface area contributed by atoms with E-state index in [1.807, 2.05) is 26.0 Å². The van der Waals surface area contributed by atoms with Crippen LogP contribution in [-0.2, 0) is 14.3 Å². The second kappa shape index (κ2) is 8.66. The van der Waals surface area contributed by atoms with Gasteiger partial charge in [-0.15, -0.1) is 0 Å². The lowest BCUT2D eigenvalue weighted by molar-refractivity contribution is -0.149. The molecule has 2 aromatic rings. The van der Waals surface area contributed by atoms with Crippen LogP contribution in [0, 0.1) is 13.8 Å². The fraction of sp³-hybridized carbons (Fsp3) is 0.211. The Bertz CT molecular complexity index is 832. The molecule has 0 aliphatic heterocycles. The van der Waals surface area contributed by atoms with E-state index in [0.29, 0.717) is 5.69 Å². The highest BCUT2D eigenvalue weighted by Gasteiger charge is 2.13. The molecule has 0 aliphatic rings. The number of nitrogens with two attached hydrogens (primary N) is 1. The van der Waals surface area contributed by atoms with Crippen molar-refractivity contribution in [3.05, 3.63) is 59.2 Å². The van der Waals surface area contributed by atoms with Crippen molar-refractivity contribution in [2.75, 3.05) is 18.5 Å². The third-order valence-electron chi connectivity index (χ3n) is 3.52. The summed E-state index contributed by atoms with van der Waals surface area (Å²) in [5, 5.41) is 2.67. The van der Waals surface area contributed by atoms with Crippen LogP contribution in [0.15, 0.2) is 42.5 Å². The van der Waals surface area contributed by atoms with Crippen molar-refractivity contribution < 1.29 is 23.9 Å². The van der Waals surface area contributed by atoms with Gasteiger partial charge in [-0.3, -0.25) is 9.59 Å². The molecule has 0 unspecified atom stereocenters. The number of hydrogen-bond donors (Lipinski definition) is 2. The minimum atomic E-state index is -0.736. The Kier molecular flexibility index (Phi) is 6.32. The average Bonchev–Trinajstić information content (AvgIpc) is 2.60. The van der Waals surface area contributed by atoms with Gasteiger partial charge in [-0.2, -0.15) is 0 Å². The molecule has 2 rings (SSSR count). The van der Waals surface area contributed by atoms with E-state index in [1.165, 1.54) is 12.1 Å². The van der Waals surface area contributed by atoms with Crippen LogP contribution in [0.4, 0.5) is 5.69 Å². The molecule has 0 saturated heterocycles. The van der Waals surface area contributed by atoms with Crippen LogP contribution >= 0.6 is 0 Å². The molecule has 2 aromatic carbocycles. The number of nitrogens with one attached hydrogen (secondary N) is 1. The Morgan fingerprint density at radius 1 is 1.04 bits per heavy atom. The second-order valence-electron chi connectivity index (χ2n) is 5.68. The van der Waals surface area contributed by atoms with Gasteiger partial charge in [0.15, 0.2) is 13.2 Å². The van der Waals surface area contributed by atoms with Crippen molar-refractivity contribution in [2.24, 2.45) is 5.73 Å². The number of carbonyl (C=O) groups is 3. The van der Waals surface area contributed by atoms with Crippen LogP contribution in [0.5, 0.6) is 5.75 Å². The fourth-order valence-corrected chi connectivity index (χ4v) is 2.26. The van der Waals surface area contributed by atoms with Gasteiger partial charge < -0.3 is 20.5 Å². The maximum absolute atomic E-state index is 11.9. The molecule has 0 saturated carbocycles. The van der Waals surface area contributed by atoms with Crippen LogP contribution in [0.2, 0.25) is 0 Å². The number of primary amides is 1. The van der Waals surface area contributed by atoms with Gasteiger partial charge in [0.2, 0.25) is 0 Å². The first kappa shape index (κ1) is 19.0. The van der Waals surface area contributed by atoms with E-state index in [-0.39, 0.29) is 11.3 Å². The first-order chi connectivity index (χ1) is 12.4. The van der Waals surface area contributed by atoms with Crippen LogP contribution in [0.1, 0.15) is 21.5 Å². The van der Waals surface area contributed by atoms with Crippen molar-refractivity contribution in [3.8, 4) is 5.75 Å². The number of benzene rings is 2. The minimum Gasteiger partial charge on any atom is -0.481 e. The molecular formula is C19H20N2O5. The molecule has 0 fully saturated rings. The van der Waals surface area contributed by atoms with E-state index >= 15 is 0 Å². The van der Waals surface area contributed by atoms with Gasteiger partial charge in [0.05, 0.1) is 5.56 Å². The van der Waals surface area contributed by atoms with Crippen molar-refractivity contribution in [2.45, 2.75) is 13.8 Å². The fourth-order valence-electron chi connectivity index (χ4n) is 2.26. The Labute approximate surface area is 151 Å². The van der Waals surface area contributed by atoms with Gasteiger partial charge in [0, 0.05) is 5.69 Å². The molecular weight excluding hydrogens is 336 g/mol. The number of esters is 1. The summed E-state index contributed by atoms with van der Waals surface area (Å²) in [5.74, 6) is -1.68. The van der Waals surface area contributed by atoms with E-state index < -0.39 is 31.0 Å². The number of aryl methyl sites for hydroxylation is 2. The first-order valence-electron chi connectivity index (χ1n) is 7.91.